The smallest absolute Gasteiger partial charge is 0.403 e. The Kier molecular flexibility index (Phi) is 5.35. The third-order valence-electron chi connectivity index (χ3n) is 6.61. The van der Waals surface area contributed by atoms with Crippen molar-refractivity contribution in [2.75, 3.05) is 6.61 Å². The molecule has 5 nitrogen and oxygen atoms in total. The molecule has 3 rings (SSSR count). The molecule has 0 radical (unpaired) electrons. The van der Waals surface area contributed by atoms with Gasteiger partial charge in [0.05, 0.1) is 36.1 Å². The summed E-state index contributed by atoms with van der Waals surface area (Å²) in [6.07, 6.45) is 5.06. The van der Waals surface area contributed by atoms with Gasteiger partial charge in [0.1, 0.15) is 0 Å². The summed E-state index contributed by atoms with van der Waals surface area (Å²) in [7, 11) is -0.112. The average molecular weight is 340 g/mol. The zero-order valence-electron chi connectivity index (χ0n) is 15.5. The van der Waals surface area contributed by atoms with Gasteiger partial charge in [-0.15, -0.1) is 0 Å². The molecule has 0 bridgehead atoms. The maximum absolute atomic E-state index is 10.0. The summed E-state index contributed by atoms with van der Waals surface area (Å²) in [5, 5.41) is 19.4. The quantitative estimate of drug-likeness (QED) is 0.773. The fourth-order valence-corrected chi connectivity index (χ4v) is 4.32. The van der Waals surface area contributed by atoms with Gasteiger partial charge in [0.25, 0.3) is 0 Å². The molecule has 1 aliphatic carbocycles. The Morgan fingerprint density at radius 1 is 0.958 bits per heavy atom. The molecule has 2 N–H and O–H groups in total. The lowest BCUT2D eigenvalue weighted by Gasteiger charge is -2.40. The summed E-state index contributed by atoms with van der Waals surface area (Å²) in [6, 6.07) is 0. The highest BCUT2D eigenvalue weighted by atomic mass is 16.7. The minimum Gasteiger partial charge on any atom is -0.403 e. The third kappa shape index (κ3) is 3.68. The van der Waals surface area contributed by atoms with Crippen LogP contribution in [-0.4, -0.2) is 53.5 Å². The molecule has 0 aromatic carbocycles. The van der Waals surface area contributed by atoms with Crippen LogP contribution in [0.4, 0.5) is 0 Å². The van der Waals surface area contributed by atoms with E-state index < -0.39 is 0 Å². The maximum atomic E-state index is 10.0. The van der Waals surface area contributed by atoms with E-state index in [1.807, 2.05) is 0 Å². The predicted octanol–water partition coefficient (Wildman–Crippen LogP) is 2.54. The Labute approximate surface area is 146 Å². The third-order valence-corrected chi connectivity index (χ3v) is 6.61. The molecule has 138 valence electrons. The van der Waals surface area contributed by atoms with Crippen LogP contribution in [0.15, 0.2) is 0 Å². The Morgan fingerprint density at radius 3 is 2.08 bits per heavy atom. The molecule has 0 unspecified atom stereocenters. The molecule has 0 aromatic rings. The lowest BCUT2D eigenvalue weighted by atomic mass is 9.62. The standard InChI is InChI=1S/C18H33BO5/c1-17(2)18(3,4)24-19(23-17)13-7-5-12(6-8-13)16-10-14(21)9-15(11-20)22-16/h12-16,20-21H,5-11H2,1-4H3/t12?,13?,14-,15-,16+/m0/s1. The summed E-state index contributed by atoms with van der Waals surface area (Å²) in [5.74, 6) is 0.900. The van der Waals surface area contributed by atoms with E-state index in [0.717, 1.165) is 25.7 Å². The second-order valence-electron chi connectivity index (χ2n) is 8.90. The van der Waals surface area contributed by atoms with Crippen molar-refractivity contribution in [1.82, 2.24) is 0 Å². The molecule has 0 aromatic heterocycles. The first kappa shape index (κ1) is 18.6. The van der Waals surface area contributed by atoms with E-state index in [-0.39, 0.29) is 43.2 Å². The number of aliphatic hydroxyl groups excluding tert-OH is 2. The zero-order valence-corrected chi connectivity index (χ0v) is 15.5. The normalized spacial score (nSPS) is 42.2. The molecule has 0 spiro atoms. The molecule has 3 aliphatic rings. The van der Waals surface area contributed by atoms with Gasteiger partial charge >= 0.3 is 7.12 Å². The van der Waals surface area contributed by atoms with Gasteiger partial charge in [-0.05, 0) is 58.7 Å². The molecule has 6 heteroatoms. The van der Waals surface area contributed by atoms with Gasteiger partial charge in [0.15, 0.2) is 0 Å². The number of hydrogen-bond acceptors (Lipinski definition) is 5. The van der Waals surface area contributed by atoms with Gasteiger partial charge in [-0.25, -0.2) is 0 Å². The largest absolute Gasteiger partial charge is 0.461 e. The highest BCUT2D eigenvalue weighted by Crippen LogP contribution is 2.46. The monoisotopic (exact) mass is 340 g/mol. The van der Waals surface area contributed by atoms with E-state index in [1.165, 1.54) is 0 Å². The maximum Gasteiger partial charge on any atom is 0.461 e. The van der Waals surface area contributed by atoms with Gasteiger partial charge < -0.3 is 24.3 Å². The van der Waals surface area contributed by atoms with Gasteiger partial charge in [0, 0.05) is 6.42 Å². The van der Waals surface area contributed by atoms with Gasteiger partial charge in [-0.2, -0.15) is 0 Å². The first-order chi connectivity index (χ1) is 11.2. The van der Waals surface area contributed by atoms with Crippen LogP contribution >= 0.6 is 0 Å². The Hall–Kier alpha value is -0.135. The summed E-state index contributed by atoms with van der Waals surface area (Å²) < 4.78 is 18.4. The van der Waals surface area contributed by atoms with Crippen LogP contribution in [0.1, 0.15) is 66.2 Å². The summed E-state index contributed by atoms with van der Waals surface area (Å²) in [6.45, 7) is 8.41. The molecule has 2 aliphatic heterocycles. The van der Waals surface area contributed by atoms with Crippen LogP contribution in [0.3, 0.4) is 0 Å². The van der Waals surface area contributed by atoms with E-state index >= 15 is 0 Å². The summed E-state index contributed by atoms with van der Waals surface area (Å²) in [5.41, 5.74) is -0.529. The fraction of sp³-hybridized carbons (Fsp3) is 1.00. The van der Waals surface area contributed by atoms with Crippen molar-refractivity contribution in [3.8, 4) is 0 Å². The van der Waals surface area contributed by atoms with Gasteiger partial charge in [0.2, 0.25) is 0 Å². The number of ether oxygens (including phenoxy) is 1. The Morgan fingerprint density at radius 2 is 1.54 bits per heavy atom. The molecular weight excluding hydrogens is 307 g/mol. The predicted molar refractivity (Wildman–Crippen MR) is 92.8 cm³/mol. The van der Waals surface area contributed by atoms with Crippen molar-refractivity contribution < 1.29 is 24.3 Å². The Balaban J connectivity index is 1.53. The summed E-state index contributed by atoms with van der Waals surface area (Å²) >= 11 is 0. The topological polar surface area (TPSA) is 68.2 Å². The van der Waals surface area contributed by atoms with Crippen molar-refractivity contribution in [2.45, 2.75) is 102 Å². The molecule has 1 saturated carbocycles. The summed E-state index contributed by atoms with van der Waals surface area (Å²) in [4.78, 5) is 0. The van der Waals surface area contributed by atoms with Crippen LogP contribution in [0.2, 0.25) is 5.82 Å². The first-order valence-corrected chi connectivity index (χ1v) is 9.52. The minimum absolute atomic E-state index is 0.00315. The van der Waals surface area contributed by atoms with Crippen LogP contribution in [0, 0.1) is 5.92 Å². The second kappa shape index (κ2) is 6.88. The van der Waals surface area contributed by atoms with Gasteiger partial charge in [-0.1, -0.05) is 12.8 Å². The lowest BCUT2D eigenvalue weighted by Crippen LogP contribution is -2.42. The second-order valence-corrected chi connectivity index (χ2v) is 8.90. The van der Waals surface area contributed by atoms with Crippen molar-refractivity contribution in [3.63, 3.8) is 0 Å². The van der Waals surface area contributed by atoms with Crippen molar-refractivity contribution in [3.05, 3.63) is 0 Å². The molecule has 3 atom stereocenters. The average Bonchev–Trinajstić information content (AvgIpc) is 2.75. The van der Waals surface area contributed by atoms with E-state index in [2.05, 4.69) is 27.7 Å². The van der Waals surface area contributed by atoms with E-state index in [1.54, 1.807) is 0 Å². The van der Waals surface area contributed by atoms with Gasteiger partial charge in [-0.3, -0.25) is 0 Å². The first-order valence-electron chi connectivity index (χ1n) is 9.52. The van der Waals surface area contributed by atoms with E-state index in [9.17, 15) is 10.2 Å². The lowest BCUT2D eigenvalue weighted by molar-refractivity contribution is -0.135. The molecule has 2 saturated heterocycles. The minimum atomic E-state index is -0.346. The van der Waals surface area contributed by atoms with Crippen molar-refractivity contribution >= 4 is 7.12 Å². The molecule has 2 heterocycles. The number of rotatable bonds is 3. The number of aliphatic hydroxyl groups is 2. The van der Waals surface area contributed by atoms with Crippen molar-refractivity contribution in [1.29, 1.82) is 0 Å². The molecule has 24 heavy (non-hydrogen) atoms. The van der Waals surface area contributed by atoms with Crippen LogP contribution in [0.25, 0.3) is 0 Å². The zero-order chi connectivity index (χ0) is 17.5. The highest BCUT2D eigenvalue weighted by molar-refractivity contribution is 6.47. The SMILES string of the molecule is CC1(C)OB(C2CCC([C@H]3C[C@@H](O)C[C@@H](CO)O3)CC2)OC1(C)C. The van der Waals surface area contributed by atoms with E-state index in [0.29, 0.717) is 24.6 Å². The Bertz CT molecular complexity index is 417. The van der Waals surface area contributed by atoms with Crippen LogP contribution in [-0.2, 0) is 14.0 Å². The number of hydrogen-bond donors (Lipinski definition) is 2. The molecular formula is C18H33BO5. The fourth-order valence-electron chi connectivity index (χ4n) is 4.32. The highest BCUT2D eigenvalue weighted by Gasteiger charge is 2.54. The molecule has 0 amide bonds. The van der Waals surface area contributed by atoms with Crippen molar-refractivity contribution in [2.24, 2.45) is 5.92 Å². The van der Waals surface area contributed by atoms with Crippen LogP contribution < -0.4 is 0 Å². The molecule has 3 fully saturated rings. The van der Waals surface area contributed by atoms with E-state index in [4.69, 9.17) is 14.0 Å². The van der Waals surface area contributed by atoms with Crippen LogP contribution in [0.5, 0.6) is 0 Å².